The quantitative estimate of drug-likeness (QED) is 0.430. The van der Waals surface area contributed by atoms with Crippen LogP contribution >= 0.6 is 11.3 Å². The van der Waals surface area contributed by atoms with Crippen LogP contribution in [0.1, 0.15) is 46.1 Å². The van der Waals surface area contributed by atoms with Crippen LogP contribution in [0.25, 0.3) is 6.08 Å². The van der Waals surface area contributed by atoms with E-state index in [4.69, 9.17) is 4.74 Å². The van der Waals surface area contributed by atoms with Crippen molar-refractivity contribution >= 4 is 23.3 Å². The van der Waals surface area contributed by atoms with Crippen molar-refractivity contribution in [2.45, 2.75) is 32.8 Å². The lowest BCUT2D eigenvalue weighted by Gasteiger charge is -2.31. The number of para-hydroxylation sites is 1. The Morgan fingerprint density at radius 1 is 1.06 bits per heavy atom. The van der Waals surface area contributed by atoms with Gasteiger partial charge in [-0.15, -0.1) is 11.3 Å². The summed E-state index contributed by atoms with van der Waals surface area (Å²) < 4.78 is 6.02. The maximum Gasteiger partial charge on any atom is 0.263 e. The summed E-state index contributed by atoms with van der Waals surface area (Å²) in [5.41, 5.74) is 3.50. The van der Waals surface area contributed by atoms with E-state index in [0.29, 0.717) is 12.5 Å². The molecule has 0 radical (unpaired) electrons. The second-order valence-corrected chi connectivity index (χ2v) is 8.98. The predicted octanol–water partition coefficient (Wildman–Crippen LogP) is 6.46. The van der Waals surface area contributed by atoms with E-state index in [1.807, 2.05) is 59.7 Å². The number of thiophene rings is 1. The first-order chi connectivity index (χ1) is 15.2. The van der Waals surface area contributed by atoms with Crippen molar-refractivity contribution in [3.05, 3.63) is 93.7 Å². The van der Waals surface area contributed by atoms with E-state index in [2.05, 4.69) is 30.3 Å². The summed E-state index contributed by atoms with van der Waals surface area (Å²) in [6.45, 7) is 4.16. The SMILES string of the molecule is C/C=C/c1ccccc1OCc1csc(C(=O)N2CCC(Cc3ccccc3)CC2)c1. The molecule has 0 bridgehead atoms. The maximum absolute atomic E-state index is 13.0. The van der Waals surface area contributed by atoms with Crippen LogP contribution in [0.2, 0.25) is 0 Å². The number of hydrogen-bond donors (Lipinski definition) is 0. The minimum absolute atomic E-state index is 0.156. The van der Waals surface area contributed by atoms with Gasteiger partial charge in [0.25, 0.3) is 5.91 Å². The predicted molar refractivity (Wildman–Crippen MR) is 129 cm³/mol. The van der Waals surface area contributed by atoms with Gasteiger partial charge in [-0.2, -0.15) is 0 Å². The molecule has 0 unspecified atom stereocenters. The van der Waals surface area contributed by atoms with Gasteiger partial charge in [-0.05, 0) is 55.2 Å². The standard InChI is InChI=1S/C27H29NO2S/c1-2-8-24-11-6-7-12-25(24)30-19-23-18-26(31-20-23)27(29)28-15-13-22(14-16-28)17-21-9-4-3-5-10-21/h2-12,18,20,22H,13-17,19H2,1H3/b8-2+. The topological polar surface area (TPSA) is 29.5 Å². The third-order valence-corrected chi connectivity index (χ3v) is 6.76. The second kappa shape index (κ2) is 10.5. The molecule has 4 heteroatoms. The minimum Gasteiger partial charge on any atom is -0.488 e. The fourth-order valence-corrected chi connectivity index (χ4v) is 4.96. The summed E-state index contributed by atoms with van der Waals surface area (Å²) in [6.07, 6.45) is 7.30. The summed E-state index contributed by atoms with van der Waals surface area (Å²) in [5.74, 6) is 1.68. The van der Waals surface area contributed by atoms with Crippen molar-refractivity contribution in [2.75, 3.05) is 13.1 Å². The van der Waals surface area contributed by atoms with Crippen LogP contribution in [0.3, 0.4) is 0 Å². The van der Waals surface area contributed by atoms with Crippen molar-refractivity contribution in [3.8, 4) is 5.75 Å². The maximum atomic E-state index is 13.0. The van der Waals surface area contributed by atoms with Gasteiger partial charge in [0.1, 0.15) is 12.4 Å². The van der Waals surface area contributed by atoms with Crippen LogP contribution in [0.4, 0.5) is 0 Å². The number of carbonyl (C=O) groups is 1. The molecule has 2 heterocycles. The molecule has 4 rings (SSSR count). The normalized spacial score (nSPS) is 14.8. The molecule has 1 saturated heterocycles. The molecule has 3 aromatic rings. The zero-order valence-corrected chi connectivity index (χ0v) is 18.8. The highest BCUT2D eigenvalue weighted by Gasteiger charge is 2.24. The van der Waals surface area contributed by atoms with Crippen LogP contribution in [-0.2, 0) is 13.0 Å². The van der Waals surface area contributed by atoms with E-state index in [-0.39, 0.29) is 5.91 Å². The Morgan fingerprint density at radius 2 is 1.81 bits per heavy atom. The average molecular weight is 432 g/mol. The Morgan fingerprint density at radius 3 is 2.58 bits per heavy atom. The molecule has 0 N–H and O–H groups in total. The molecule has 31 heavy (non-hydrogen) atoms. The first kappa shape index (κ1) is 21.4. The first-order valence-electron chi connectivity index (χ1n) is 11.0. The summed E-state index contributed by atoms with van der Waals surface area (Å²) in [6, 6.07) is 20.7. The van der Waals surface area contributed by atoms with Crippen molar-refractivity contribution in [1.29, 1.82) is 0 Å². The number of hydrogen-bond acceptors (Lipinski definition) is 3. The van der Waals surface area contributed by atoms with Gasteiger partial charge in [0.2, 0.25) is 0 Å². The van der Waals surface area contributed by atoms with Crippen molar-refractivity contribution < 1.29 is 9.53 Å². The lowest BCUT2D eigenvalue weighted by molar-refractivity contribution is 0.0695. The van der Waals surface area contributed by atoms with Gasteiger partial charge < -0.3 is 9.64 Å². The van der Waals surface area contributed by atoms with Gasteiger partial charge in [-0.3, -0.25) is 4.79 Å². The molecule has 1 amide bonds. The summed E-state index contributed by atoms with van der Waals surface area (Å²) in [7, 11) is 0. The molecule has 0 aliphatic carbocycles. The van der Waals surface area contributed by atoms with Crippen LogP contribution in [0.15, 0.2) is 72.1 Å². The van der Waals surface area contributed by atoms with Gasteiger partial charge in [0.15, 0.2) is 0 Å². The molecule has 1 aromatic heterocycles. The zero-order chi connectivity index (χ0) is 21.5. The van der Waals surface area contributed by atoms with E-state index in [9.17, 15) is 4.79 Å². The van der Waals surface area contributed by atoms with Crippen LogP contribution in [0.5, 0.6) is 5.75 Å². The number of likely N-dealkylation sites (tertiary alicyclic amines) is 1. The zero-order valence-electron chi connectivity index (χ0n) is 18.0. The number of benzene rings is 2. The van der Waals surface area contributed by atoms with Crippen molar-refractivity contribution in [1.82, 2.24) is 4.90 Å². The number of nitrogens with zero attached hydrogens (tertiary/aromatic N) is 1. The Balaban J connectivity index is 1.30. The summed E-state index contributed by atoms with van der Waals surface area (Å²) in [4.78, 5) is 15.8. The Labute approximate surface area is 189 Å². The molecule has 1 fully saturated rings. The first-order valence-corrected chi connectivity index (χ1v) is 11.9. The van der Waals surface area contributed by atoms with Crippen LogP contribution in [0, 0.1) is 5.92 Å². The Kier molecular flexibility index (Phi) is 7.21. The molecular weight excluding hydrogens is 402 g/mol. The lowest BCUT2D eigenvalue weighted by Crippen LogP contribution is -2.38. The van der Waals surface area contributed by atoms with E-state index >= 15 is 0 Å². The molecule has 1 aliphatic rings. The molecular formula is C27H29NO2S. The van der Waals surface area contributed by atoms with Crippen molar-refractivity contribution in [3.63, 3.8) is 0 Å². The van der Waals surface area contributed by atoms with E-state index in [1.54, 1.807) is 0 Å². The Hall–Kier alpha value is -2.85. The molecule has 0 spiro atoms. The number of ether oxygens (including phenoxy) is 1. The summed E-state index contributed by atoms with van der Waals surface area (Å²) >= 11 is 1.52. The molecule has 1 aliphatic heterocycles. The highest BCUT2D eigenvalue weighted by molar-refractivity contribution is 7.12. The Bertz CT molecular complexity index is 1020. The largest absolute Gasteiger partial charge is 0.488 e. The monoisotopic (exact) mass is 431 g/mol. The molecule has 0 saturated carbocycles. The van der Waals surface area contributed by atoms with E-state index in [1.165, 1.54) is 16.9 Å². The second-order valence-electron chi connectivity index (χ2n) is 8.07. The molecule has 3 nitrogen and oxygen atoms in total. The van der Waals surface area contributed by atoms with Crippen molar-refractivity contribution in [2.24, 2.45) is 5.92 Å². The molecule has 2 aromatic carbocycles. The van der Waals surface area contributed by atoms with Gasteiger partial charge in [-0.25, -0.2) is 0 Å². The van der Waals surface area contributed by atoms with Crippen LogP contribution < -0.4 is 4.74 Å². The van der Waals surface area contributed by atoms with Gasteiger partial charge in [0.05, 0.1) is 4.88 Å². The lowest BCUT2D eigenvalue weighted by atomic mass is 9.90. The fourth-order valence-electron chi connectivity index (χ4n) is 4.10. The fraction of sp³-hybridized carbons (Fsp3) is 0.296. The van der Waals surface area contributed by atoms with Gasteiger partial charge in [0, 0.05) is 24.2 Å². The van der Waals surface area contributed by atoms with Gasteiger partial charge in [-0.1, -0.05) is 60.7 Å². The highest BCUT2D eigenvalue weighted by Crippen LogP contribution is 2.26. The number of amides is 1. The molecule has 0 atom stereocenters. The van der Waals surface area contributed by atoms with Crippen LogP contribution in [-0.4, -0.2) is 23.9 Å². The summed E-state index contributed by atoms with van der Waals surface area (Å²) in [5, 5.41) is 2.04. The smallest absolute Gasteiger partial charge is 0.263 e. The minimum atomic E-state index is 0.156. The van der Waals surface area contributed by atoms with E-state index < -0.39 is 0 Å². The highest BCUT2D eigenvalue weighted by atomic mass is 32.1. The third kappa shape index (κ3) is 5.65. The number of piperidine rings is 1. The average Bonchev–Trinajstić information content (AvgIpc) is 3.29. The number of rotatable bonds is 7. The van der Waals surface area contributed by atoms with E-state index in [0.717, 1.165) is 54.1 Å². The number of carbonyl (C=O) groups excluding carboxylic acids is 1. The molecule has 160 valence electrons. The number of allylic oxidation sites excluding steroid dienone is 1. The van der Waals surface area contributed by atoms with Gasteiger partial charge >= 0.3 is 0 Å². The third-order valence-electron chi connectivity index (χ3n) is 5.79.